The van der Waals surface area contributed by atoms with Gasteiger partial charge in [-0.1, -0.05) is 0 Å². The molecule has 2 aromatic carbocycles. The molecule has 0 fully saturated rings. The molecular formula is C13H9N3O2. The summed E-state index contributed by atoms with van der Waals surface area (Å²) in [7, 11) is 0. The van der Waals surface area contributed by atoms with E-state index < -0.39 is 4.92 Å². The third kappa shape index (κ3) is 1.62. The quantitative estimate of drug-likeness (QED) is 0.306. The monoisotopic (exact) mass is 239 g/mol. The Kier molecular flexibility index (Phi) is 2.13. The van der Waals surface area contributed by atoms with Crippen molar-refractivity contribution in [2.45, 2.75) is 0 Å². The molecule has 0 bridgehead atoms. The third-order valence-corrected chi connectivity index (χ3v) is 2.83. The predicted molar refractivity (Wildman–Crippen MR) is 70.3 cm³/mol. The summed E-state index contributed by atoms with van der Waals surface area (Å²) in [5.41, 5.74) is 7.82. The molecule has 0 aliphatic rings. The van der Waals surface area contributed by atoms with Crippen LogP contribution >= 0.6 is 0 Å². The molecule has 0 amide bonds. The van der Waals surface area contributed by atoms with Crippen molar-refractivity contribution in [3.8, 4) is 0 Å². The number of anilines is 1. The van der Waals surface area contributed by atoms with E-state index >= 15 is 0 Å². The van der Waals surface area contributed by atoms with Crippen molar-refractivity contribution in [1.82, 2.24) is 4.98 Å². The van der Waals surface area contributed by atoms with Gasteiger partial charge in [0, 0.05) is 28.6 Å². The van der Waals surface area contributed by atoms with Gasteiger partial charge in [-0.2, -0.15) is 0 Å². The fourth-order valence-corrected chi connectivity index (χ4v) is 1.95. The predicted octanol–water partition coefficient (Wildman–Crippen LogP) is 2.88. The molecule has 0 radical (unpaired) electrons. The van der Waals surface area contributed by atoms with Gasteiger partial charge in [0.05, 0.1) is 16.0 Å². The highest BCUT2D eigenvalue weighted by Gasteiger charge is 2.07. The highest BCUT2D eigenvalue weighted by molar-refractivity contribution is 5.94. The number of nitrogens with zero attached hydrogens (tertiary/aromatic N) is 2. The number of nitrogen functional groups attached to an aromatic ring is 1. The summed E-state index contributed by atoms with van der Waals surface area (Å²) in [6, 6.07) is 12.0. The lowest BCUT2D eigenvalue weighted by Crippen LogP contribution is -1.90. The number of benzene rings is 2. The van der Waals surface area contributed by atoms with Gasteiger partial charge in [-0.15, -0.1) is 0 Å². The van der Waals surface area contributed by atoms with Crippen LogP contribution in [0.15, 0.2) is 42.5 Å². The van der Waals surface area contributed by atoms with Crippen molar-refractivity contribution < 1.29 is 4.92 Å². The van der Waals surface area contributed by atoms with Crippen LogP contribution in [-0.2, 0) is 0 Å². The zero-order valence-corrected chi connectivity index (χ0v) is 9.33. The molecule has 2 N–H and O–H groups in total. The van der Waals surface area contributed by atoms with Gasteiger partial charge in [-0.05, 0) is 30.3 Å². The number of hydrogen-bond acceptors (Lipinski definition) is 4. The second kappa shape index (κ2) is 3.66. The first-order valence-electron chi connectivity index (χ1n) is 5.38. The molecule has 0 spiro atoms. The van der Waals surface area contributed by atoms with E-state index in [2.05, 4.69) is 4.98 Å². The largest absolute Gasteiger partial charge is 0.399 e. The summed E-state index contributed by atoms with van der Waals surface area (Å²) in [5.74, 6) is 0. The summed E-state index contributed by atoms with van der Waals surface area (Å²) < 4.78 is 0. The normalized spacial score (nSPS) is 10.9. The van der Waals surface area contributed by atoms with Gasteiger partial charge < -0.3 is 5.73 Å². The summed E-state index contributed by atoms with van der Waals surface area (Å²) in [6.07, 6.45) is 0. The number of hydrogen-bond donors (Lipinski definition) is 1. The average molecular weight is 239 g/mol. The Balaban J connectivity index is 2.34. The zero-order chi connectivity index (χ0) is 12.7. The number of rotatable bonds is 1. The smallest absolute Gasteiger partial charge is 0.271 e. The lowest BCUT2D eigenvalue weighted by Gasteiger charge is -2.02. The molecule has 1 aromatic heterocycles. The van der Waals surface area contributed by atoms with E-state index in [1.807, 2.05) is 18.2 Å². The van der Waals surface area contributed by atoms with E-state index in [4.69, 9.17) is 5.73 Å². The van der Waals surface area contributed by atoms with Gasteiger partial charge in [0.15, 0.2) is 0 Å². The van der Waals surface area contributed by atoms with Crippen LogP contribution in [0.1, 0.15) is 0 Å². The van der Waals surface area contributed by atoms with Crippen LogP contribution in [0.3, 0.4) is 0 Å². The molecule has 0 unspecified atom stereocenters. The number of nitro groups is 1. The second-order valence-corrected chi connectivity index (χ2v) is 4.07. The zero-order valence-electron chi connectivity index (χ0n) is 9.33. The maximum Gasteiger partial charge on any atom is 0.271 e. The minimum Gasteiger partial charge on any atom is -0.399 e. The van der Waals surface area contributed by atoms with Crippen LogP contribution in [-0.4, -0.2) is 9.91 Å². The Morgan fingerprint density at radius 3 is 2.61 bits per heavy atom. The van der Waals surface area contributed by atoms with Crippen LogP contribution in [0.5, 0.6) is 0 Å². The minimum atomic E-state index is -0.422. The molecule has 3 aromatic rings. The number of fused-ring (bicyclic) bond motifs is 2. The van der Waals surface area contributed by atoms with Crippen LogP contribution in [0.4, 0.5) is 11.4 Å². The van der Waals surface area contributed by atoms with Gasteiger partial charge in [0.25, 0.3) is 5.69 Å². The number of nitro benzene ring substituents is 1. The summed E-state index contributed by atoms with van der Waals surface area (Å²) in [4.78, 5) is 14.7. The highest BCUT2D eigenvalue weighted by Crippen LogP contribution is 2.24. The van der Waals surface area contributed by atoms with E-state index in [1.54, 1.807) is 12.1 Å². The molecule has 0 atom stereocenters. The lowest BCUT2D eigenvalue weighted by atomic mass is 10.1. The first-order valence-corrected chi connectivity index (χ1v) is 5.38. The fourth-order valence-electron chi connectivity index (χ4n) is 1.95. The van der Waals surface area contributed by atoms with Crippen molar-refractivity contribution in [2.24, 2.45) is 0 Å². The Bertz CT molecular complexity index is 784. The van der Waals surface area contributed by atoms with Gasteiger partial charge in [-0.3, -0.25) is 10.1 Å². The molecule has 5 heteroatoms. The molecule has 88 valence electrons. The third-order valence-electron chi connectivity index (χ3n) is 2.83. The van der Waals surface area contributed by atoms with E-state index in [-0.39, 0.29) is 5.69 Å². The maximum atomic E-state index is 10.7. The second-order valence-electron chi connectivity index (χ2n) is 4.07. The Morgan fingerprint density at radius 2 is 1.83 bits per heavy atom. The van der Waals surface area contributed by atoms with E-state index in [1.165, 1.54) is 12.1 Å². The summed E-state index contributed by atoms with van der Waals surface area (Å²) in [6.45, 7) is 0. The first kappa shape index (κ1) is 10.5. The van der Waals surface area contributed by atoms with Crippen molar-refractivity contribution in [3.05, 3.63) is 52.6 Å². The van der Waals surface area contributed by atoms with Crippen LogP contribution in [0.25, 0.3) is 21.8 Å². The molecule has 0 saturated heterocycles. The number of aromatic nitrogens is 1. The topological polar surface area (TPSA) is 82.0 Å². The molecule has 18 heavy (non-hydrogen) atoms. The van der Waals surface area contributed by atoms with Crippen LogP contribution < -0.4 is 5.73 Å². The molecule has 0 aliphatic heterocycles. The Morgan fingerprint density at radius 1 is 1.00 bits per heavy atom. The van der Waals surface area contributed by atoms with Crippen molar-refractivity contribution in [1.29, 1.82) is 0 Å². The van der Waals surface area contributed by atoms with Crippen molar-refractivity contribution >= 4 is 33.2 Å². The first-order chi connectivity index (χ1) is 8.63. The Hall–Kier alpha value is -2.69. The molecule has 0 aliphatic carbocycles. The van der Waals surface area contributed by atoms with E-state index in [0.29, 0.717) is 11.2 Å². The van der Waals surface area contributed by atoms with Gasteiger partial charge >= 0.3 is 0 Å². The summed E-state index contributed by atoms with van der Waals surface area (Å²) in [5, 5.41) is 12.5. The maximum absolute atomic E-state index is 10.7. The molecule has 0 saturated carbocycles. The minimum absolute atomic E-state index is 0.0461. The molecule has 3 rings (SSSR count). The fraction of sp³-hybridized carbons (Fsp3) is 0. The average Bonchev–Trinajstić information content (AvgIpc) is 2.35. The van der Waals surface area contributed by atoms with Gasteiger partial charge in [-0.25, -0.2) is 4.98 Å². The number of pyridine rings is 1. The van der Waals surface area contributed by atoms with Crippen molar-refractivity contribution in [3.63, 3.8) is 0 Å². The lowest BCUT2D eigenvalue weighted by molar-refractivity contribution is -0.384. The molecule has 1 heterocycles. The Labute approximate surface area is 102 Å². The van der Waals surface area contributed by atoms with E-state index in [0.717, 1.165) is 16.3 Å². The van der Waals surface area contributed by atoms with Crippen LogP contribution in [0, 0.1) is 10.1 Å². The standard InChI is InChI=1S/C13H9N3O2/c14-10-2-4-12-9(6-10)5-8-1-3-11(16(17)18)7-13(8)15-12/h1-7H,14H2. The van der Waals surface area contributed by atoms with Gasteiger partial charge in [0.1, 0.15) is 0 Å². The van der Waals surface area contributed by atoms with Crippen molar-refractivity contribution in [2.75, 3.05) is 5.73 Å². The van der Waals surface area contributed by atoms with Gasteiger partial charge in [0.2, 0.25) is 0 Å². The number of nitrogens with two attached hydrogens (primary N) is 1. The van der Waals surface area contributed by atoms with Crippen LogP contribution in [0.2, 0.25) is 0 Å². The number of non-ortho nitro benzene ring substituents is 1. The highest BCUT2D eigenvalue weighted by atomic mass is 16.6. The molecule has 5 nitrogen and oxygen atoms in total. The summed E-state index contributed by atoms with van der Waals surface area (Å²) >= 11 is 0. The van der Waals surface area contributed by atoms with E-state index in [9.17, 15) is 10.1 Å². The SMILES string of the molecule is Nc1ccc2nc3cc([N+](=O)[O-])ccc3cc2c1. The molecular weight excluding hydrogens is 230 g/mol.